The van der Waals surface area contributed by atoms with Crippen molar-refractivity contribution in [1.29, 1.82) is 0 Å². The fourth-order valence-corrected chi connectivity index (χ4v) is 4.62. The number of aliphatic hydroxyl groups is 1. The lowest BCUT2D eigenvalue weighted by atomic mass is 9.98. The third-order valence-corrected chi connectivity index (χ3v) is 6.45. The van der Waals surface area contributed by atoms with Crippen LogP contribution in [0, 0.1) is 15.9 Å². The Morgan fingerprint density at radius 3 is 2.39 bits per heavy atom. The van der Waals surface area contributed by atoms with Crippen molar-refractivity contribution < 1.29 is 27.6 Å². The Morgan fingerprint density at radius 2 is 1.75 bits per heavy atom. The van der Waals surface area contributed by atoms with E-state index in [9.17, 15) is 32.8 Å². The number of hydrogen-bond donors (Lipinski definition) is 2. The molecule has 3 aromatic rings. The van der Waals surface area contributed by atoms with Crippen LogP contribution in [0.15, 0.2) is 54.6 Å². The SMILES string of the molecule is Cl.O=[N+]([O-])c1ccc(N2CCC(NCCC(O)c3ccc(F)c4ccccc34)CC2)c(C(F)(F)F)c1. The minimum atomic E-state index is -4.70. The van der Waals surface area contributed by atoms with Crippen molar-refractivity contribution in [3.63, 3.8) is 0 Å². The van der Waals surface area contributed by atoms with E-state index in [-0.39, 0.29) is 30.0 Å². The standard InChI is InChI=1S/C25H25F4N3O3.ClH/c26-22-7-6-20(18-3-1-2-4-19(18)22)24(33)9-12-30-16-10-13-31(14-11-16)23-8-5-17(32(34)35)15-21(23)25(27,28)29;/h1-8,15-16,24,30,33H,9-14H2;1H. The molecule has 1 saturated heterocycles. The van der Waals surface area contributed by atoms with Gasteiger partial charge in [-0.05, 0) is 48.9 Å². The minimum Gasteiger partial charge on any atom is -0.388 e. The molecule has 1 aliphatic rings. The first-order valence-corrected chi connectivity index (χ1v) is 11.3. The van der Waals surface area contributed by atoms with Crippen molar-refractivity contribution in [2.75, 3.05) is 24.5 Å². The van der Waals surface area contributed by atoms with Gasteiger partial charge in [-0.2, -0.15) is 13.2 Å². The summed E-state index contributed by atoms with van der Waals surface area (Å²) in [6.45, 7) is 1.22. The van der Waals surface area contributed by atoms with Gasteiger partial charge in [-0.25, -0.2) is 4.39 Å². The molecule has 1 unspecified atom stereocenters. The number of hydrogen-bond acceptors (Lipinski definition) is 5. The van der Waals surface area contributed by atoms with Crippen LogP contribution in [0.3, 0.4) is 0 Å². The van der Waals surface area contributed by atoms with E-state index in [0.717, 1.165) is 12.1 Å². The van der Waals surface area contributed by atoms with Crippen molar-refractivity contribution in [3.8, 4) is 0 Å². The van der Waals surface area contributed by atoms with E-state index in [1.807, 2.05) is 0 Å². The second kappa shape index (κ2) is 11.4. The number of rotatable bonds is 7. The van der Waals surface area contributed by atoms with Crippen molar-refractivity contribution in [1.82, 2.24) is 5.32 Å². The normalized spacial score (nSPS) is 15.5. The molecule has 0 bridgehead atoms. The van der Waals surface area contributed by atoms with Gasteiger partial charge >= 0.3 is 6.18 Å². The Bertz CT molecular complexity index is 1220. The second-order valence-corrected chi connectivity index (χ2v) is 8.66. The Labute approximate surface area is 211 Å². The molecule has 1 heterocycles. The van der Waals surface area contributed by atoms with Crippen LogP contribution in [0.4, 0.5) is 28.9 Å². The smallest absolute Gasteiger partial charge is 0.388 e. The maximum atomic E-state index is 14.0. The summed E-state index contributed by atoms with van der Waals surface area (Å²) in [6.07, 6.45) is -3.91. The molecular formula is C25H26ClF4N3O3. The van der Waals surface area contributed by atoms with Crippen molar-refractivity contribution in [3.05, 3.63) is 81.7 Å². The highest BCUT2D eigenvalue weighted by atomic mass is 35.5. The summed E-state index contributed by atoms with van der Waals surface area (Å²) >= 11 is 0. The van der Waals surface area contributed by atoms with Gasteiger partial charge in [0.1, 0.15) is 5.82 Å². The van der Waals surface area contributed by atoms with Crippen LogP contribution in [0.2, 0.25) is 0 Å². The lowest BCUT2D eigenvalue weighted by Crippen LogP contribution is -2.43. The van der Waals surface area contributed by atoms with E-state index >= 15 is 0 Å². The monoisotopic (exact) mass is 527 g/mol. The van der Waals surface area contributed by atoms with E-state index < -0.39 is 28.5 Å². The molecular weight excluding hydrogens is 502 g/mol. The average Bonchev–Trinajstić information content (AvgIpc) is 2.84. The first-order chi connectivity index (χ1) is 16.6. The van der Waals surface area contributed by atoms with Gasteiger partial charge in [0.15, 0.2) is 0 Å². The summed E-state index contributed by atoms with van der Waals surface area (Å²) in [7, 11) is 0. The highest BCUT2D eigenvalue weighted by molar-refractivity contribution is 5.86. The number of anilines is 1. The lowest BCUT2D eigenvalue weighted by molar-refractivity contribution is -0.385. The van der Waals surface area contributed by atoms with Crippen molar-refractivity contribution in [2.45, 2.75) is 37.6 Å². The van der Waals surface area contributed by atoms with Crippen LogP contribution in [0.25, 0.3) is 10.8 Å². The first-order valence-electron chi connectivity index (χ1n) is 11.3. The Kier molecular flexibility index (Phi) is 8.76. The van der Waals surface area contributed by atoms with Crippen LogP contribution in [0.5, 0.6) is 0 Å². The van der Waals surface area contributed by atoms with Crippen LogP contribution in [-0.4, -0.2) is 35.7 Å². The number of halogens is 5. The molecule has 0 aliphatic carbocycles. The van der Waals surface area contributed by atoms with E-state index in [4.69, 9.17) is 0 Å². The highest BCUT2D eigenvalue weighted by Gasteiger charge is 2.37. The van der Waals surface area contributed by atoms with Crippen LogP contribution >= 0.6 is 12.4 Å². The highest BCUT2D eigenvalue weighted by Crippen LogP contribution is 2.39. The molecule has 0 amide bonds. The zero-order chi connectivity index (χ0) is 25.2. The van der Waals surface area contributed by atoms with Crippen LogP contribution < -0.4 is 10.2 Å². The average molecular weight is 528 g/mol. The zero-order valence-corrected chi connectivity index (χ0v) is 20.0. The van der Waals surface area contributed by atoms with E-state index in [1.54, 1.807) is 35.2 Å². The lowest BCUT2D eigenvalue weighted by Gasteiger charge is -2.35. The summed E-state index contributed by atoms with van der Waals surface area (Å²) in [4.78, 5) is 11.7. The summed E-state index contributed by atoms with van der Waals surface area (Å²) in [5.41, 5.74) is -1.01. The number of non-ortho nitro benzene ring substituents is 1. The molecule has 0 aromatic heterocycles. The molecule has 36 heavy (non-hydrogen) atoms. The summed E-state index contributed by atoms with van der Waals surface area (Å²) in [6, 6.07) is 12.8. The molecule has 11 heteroatoms. The maximum absolute atomic E-state index is 14.0. The molecule has 6 nitrogen and oxygen atoms in total. The molecule has 3 aromatic carbocycles. The zero-order valence-electron chi connectivity index (χ0n) is 19.2. The summed E-state index contributed by atoms with van der Waals surface area (Å²) in [5, 5.41) is 26.1. The largest absolute Gasteiger partial charge is 0.418 e. The van der Waals surface area contributed by atoms with Gasteiger partial charge in [-0.1, -0.05) is 30.3 Å². The molecule has 2 N–H and O–H groups in total. The van der Waals surface area contributed by atoms with Crippen molar-refractivity contribution >= 4 is 34.6 Å². The molecule has 0 saturated carbocycles. The van der Waals surface area contributed by atoms with E-state index in [2.05, 4.69) is 5.32 Å². The molecule has 0 spiro atoms. The Morgan fingerprint density at radius 1 is 1.08 bits per heavy atom. The molecule has 1 atom stereocenters. The quantitative estimate of drug-likeness (QED) is 0.223. The predicted molar refractivity (Wildman–Crippen MR) is 132 cm³/mol. The number of nitro groups is 1. The number of benzene rings is 3. The van der Waals surface area contributed by atoms with Crippen molar-refractivity contribution in [2.24, 2.45) is 0 Å². The second-order valence-electron chi connectivity index (χ2n) is 8.66. The van der Waals surface area contributed by atoms with Gasteiger partial charge in [0, 0.05) is 42.3 Å². The first kappa shape index (κ1) is 27.6. The number of nitrogens with one attached hydrogen (secondary N) is 1. The van der Waals surface area contributed by atoms with Gasteiger partial charge in [-0.3, -0.25) is 10.1 Å². The van der Waals surface area contributed by atoms with Gasteiger partial charge in [0.2, 0.25) is 0 Å². The summed E-state index contributed by atoms with van der Waals surface area (Å²) in [5.74, 6) is -0.344. The maximum Gasteiger partial charge on any atom is 0.418 e. The number of alkyl halides is 3. The number of nitrogens with zero attached hydrogens (tertiary/aromatic N) is 2. The topological polar surface area (TPSA) is 78.6 Å². The van der Waals surface area contributed by atoms with E-state index in [0.29, 0.717) is 61.3 Å². The van der Waals surface area contributed by atoms with Gasteiger partial charge in [-0.15, -0.1) is 12.4 Å². The minimum absolute atomic E-state index is 0. The molecule has 1 fully saturated rings. The van der Waals surface area contributed by atoms with Gasteiger partial charge in [0.05, 0.1) is 16.6 Å². The fraction of sp³-hybridized carbons (Fsp3) is 0.360. The van der Waals surface area contributed by atoms with E-state index in [1.165, 1.54) is 6.07 Å². The number of fused-ring (bicyclic) bond motifs is 1. The molecule has 1 aliphatic heterocycles. The predicted octanol–water partition coefficient (Wildman–Crippen LogP) is 6.01. The number of nitro benzene ring substituents is 1. The summed E-state index contributed by atoms with van der Waals surface area (Å²) < 4.78 is 54.6. The third-order valence-electron chi connectivity index (χ3n) is 6.45. The van der Waals surface area contributed by atoms with Crippen LogP contribution in [-0.2, 0) is 6.18 Å². The Hall–Kier alpha value is -2.95. The molecule has 0 radical (unpaired) electrons. The van der Waals surface area contributed by atoms with Gasteiger partial charge in [0.25, 0.3) is 5.69 Å². The molecule has 4 rings (SSSR count). The molecule has 194 valence electrons. The third kappa shape index (κ3) is 6.05. The number of piperidine rings is 1. The fourth-order valence-electron chi connectivity index (χ4n) is 4.62. The number of aliphatic hydroxyl groups excluding tert-OH is 1. The Balaban J connectivity index is 0.00000361. The van der Waals surface area contributed by atoms with Gasteiger partial charge < -0.3 is 15.3 Å². The van der Waals surface area contributed by atoms with Crippen LogP contribution in [0.1, 0.15) is 36.5 Å².